The molecule has 1 saturated carbocycles. The molecule has 1 rings (SSSR count). The second-order valence-electron chi connectivity index (χ2n) is 1.95. The lowest BCUT2D eigenvalue weighted by molar-refractivity contribution is 0.271. The summed E-state index contributed by atoms with van der Waals surface area (Å²) >= 11 is 0. The third-order valence-corrected chi connectivity index (χ3v) is 1.07. The summed E-state index contributed by atoms with van der Waals surface area (Å²) in [6, 6.07) is 0. The second-order valence-corrected chi connectivity index (χ2v) is 1.95. The standard InChI is InChI=1S/C4H6F2/c1-4(6)2-3(4)5/h3H,2H2,1H3. The van der Waals surface area contributed by atoms with Crippen molar-refractivity contribution in [3.63, 3.8) is 0 Å². The topological polar surface area (TPSA) is 0 Å². The van der Waals surface area contributed by atoms with Crippen molar-refractivity contribution in [1.29, 1.82) is 0 Å². The molecule has 0 heterocycles. The lowest BCUT2D eigenvalue weighted by atomic mass is 10.5. The van der Waals surface area contributed by atoms with Crippen LogP contribution in [0.3, 0.4) is 0 Å². The van der Waals surface area contributed by atoms with Crippen LogP contribution in [0.25, 0.3) is 0 Å². The highest BCUT2D eigenvalue weighted by atomic mass is 19.2. The Kier molecular flexibility index (Phi) is 0.500. The van der Waals surface area contributed by atoms with Crippen molar-refractivity contribution in [2.75, 3.05) is 0 Å². The fourth-order valence-electron chi connectivity index (χ4n) is 0.291. The van der Waals surface area contributed by atoms with E-state index in [1.807, 2.05) is 0 Å². The molecule has 1 fully saturated rings. The average Bonchev–Trinajstić information content (AvgIpc) is 1.73. The van der Waals surface area contributed by atoms with Crippen molar-refractivity contribution in [1.82, 2.24) is 0 Å². The van der Waals surface area contributed by atoms with Gasteiger partial charge >= 0.3 is 0 Å². The SMILES string of the molecule is CC1(F)CC1F. The molecule has 1 aliphatic carbocycles. The smallest absolute Gasteiger partial charge is 0.142 e. The molecule has 0 saturated heterocycles. The summed E-state index contributed by atoms with van der Waals surface area (Å²) in [6.45, 7) is 1.28. The van der Waals surface area contributed by atoms with Gasteiger partial charge in [0.1, 0.15) is 11.8 Å². The summed E-state index contributed by atoms with van der Waals surface area (Å²) in [4.78, 5) is 0. The Bertz CT molecular complexity index is 67.9. The van der Waals surface area contributed by atoms with Gasteiger partial charge in [0.25, 0.3) is 0 Å². The van der Waals surface area contributed by atoms with Gasteiger partial charge < -0.3 is 0 Å². The summed E-state index contributed by atoms with van der Waals surface area (Å²) in [5, 5.41) is 0. The number of hydrogen-bond acceptors (Lipinski definition) is 0. The Morgan fingerprint density at radius 2 is 2.00 bits per heavy atom. The largest absolute Gasteiger partial charge is 0.244 e. The van der Waals surface area contributed by atoms with E-state index in [0.29, 0.717) is 0 Å². The maximum absolute atomic E-state index is 11.8. The van der Waals surface area contributed by atoms with Gasteiger partial charge in [-0.2, -0.15) is 0 Å². The van der Waals surface area contributed by atoms with Crippen LogP contribution < -0.4 is 0 Å². The van der Waals surface area contributed by atoms with Crippen LogP contribution in [0, 0.1) is 0 Å². The summed E-state index contributed by atoms with van der Waals surface area (Å²) < 4.78 is 23.3. The molecule has 0 amide bonds. The Hall–Kier alpha value is -0.140. The second kappa shape index (κ2) is 0.745. The zero-order valence-corrected chi connectivity index (χ0v) is 3.54. The molecule has 1 aliphatic rings. The van der Waals surface area contributed by atoms with Gasteiger partial charge in [-0.3, -0.25) is 0 Å². The molecule has 2 unspecified atom stereocenters. The molecule has 2 atom stereocenters. The average molecular weight is 92.1 g/mol. The van der Waals surface area contributed by atoms with E-state index in [4.69, 9.17) is 0 Å². The molecule has 0 aromatic heterocycles. The molecule has 0 radical (unpaired) electrons. The van der Waals surface area contributed by atoms with Crippen LogP contribution in [-0.4, -0.2) is 11.8 Å². The predicted octanol–water partition coefficient (Wildman–Crippen LogP) is 1.46. The van der Waals surface area contributed by atoms with Gasteiger partial charge in [0.2, 0.25) is 0 Å². The quantitative estimate of drug-likeness (QED) is 0.424. The summed E-state index contributed by atoms with van der Waals surface area (Å²) in [7, 11) is 0. The van der Waals surface area contributed by atoms with Crippen molar-refractivity contribution in [3.8, 4) is 0 Å². The van der Waals surface area contributed by atoms with Crippen molar-refractivity contribution in [3.05, 3.63) is 0 Å². The van der Waals surface area contributed by atoms with E-state index in [0.717, 1.165) is 0 Å². The number of alkyl halides is 2. The first kappa shape index (κ1) is 4.03. The van der Waals surface area contributed by atoms with E-state index in [1.165, 1.54) is 6.92 Å². The minimum absolute atomic E-state index is 0.104. The third-order valence-electron chi connectivity index (χ3n) is 1.07. The minimum atomic E-state index is -1.46. The molecule has 6 heavy (non-hydrogen) atoms. The zero-order valence-electron chi connectivity index (χ0n) is 3.54. The lowest BCUT2D eigenvalue weighted by Gasteiger charge is -1.84. The number of rotatable bonds is 0. The first-order valence-corrected chi connectivity index (χ1v) is 1.96. The van der Waals surface area contributed by atoms with Crippen LogP contribution in [-0.2, 0) is 0 Å². The van der Waals surface area contributed by atoms with Crippen molar-refractivity contribution >= 4 is 0 Å². The molecule has 0 spiro atoms. The van der Waals surface area contributed by atoms with E-state index in [2.05, 4.69) is 0 Å². The van der Waals surface area contributed by atoms with Crippen LogP contribution in [0.5, 0.6) is 0 Å². The molecule has 0 N–H and O–H groups in total. The Morgan fingerprint density at radius 3 is 2.00 bits per heavy atom. The molecule has 0 aliphatic heterocycles. The predicted molar refractivity (Wildman–Crippen MR) is 19.0 cm³/mol. The Balaban J connectivity index is 2.41. The summed E-state index contributed by atoms with van der Waals surface area (Å²) in [5.74, 6) is 0. The van der Waals surface area contributed by atoms with Gasteiger partial charge in [-0.15, -0.1) is 0 Å². The Labute approximate surface area is 35.2 Å². The van der Waals surface area contributed by atoms with Crippen LogP contribution in [0.2, 0.25) is 0 Å². The molecule has 0 nitrogen and oxygen atoms in total. The molecule has 0 bridgehead atoms. The highest BCUT2D eigenvalue weighted by molar-refractivity contribution is 5.00. The van der Waals surface area contributed by atoms with Gasteiger partial charge in [0.15, 0.2) is 0 Å². The van der Waals surface area contributed by atoms with E-state index < -0.39 is 11.8 Å². The maximum atomic E-state index is 11.8. The van der Waals surface area contributed by atoms with E-state index in [1.54, 1.807) is 0 Å². The lowest BCUT2D eigenvalue weighted by Crippen LogP contribution is -1.93. The summed E-state index contributed by atoms with van der Waals surface area (Å²) in [6.07, 6.45) is -1.06. The van der Waals surface area contributed by atoms with Gasteiger partial charge in [0.05, 0.1) is 0 Å². The van der Waals surface area contributed by atoms with Crippen molar-refractivity contribution < 1.29 is 8.78 Å². The summed E-state index contributed by atoms with van der Waals surface area (Å²) in [5.41, 5.74) is -1.46. The number of hydrogen-bond donors (Lipinski definition) is 0. The van der Waals surface area contributed by atoms with Crippen LogP contribution in [0.15, 0.2) is 0 Å². The van der Waals surface area contributed by atoms with E-state index >= 15 is 0 Å². The van der Waals surface area contributed by atoms with Gasteiger partial charge in [-0.25, -0.2) is 8.78 Å². The highest BCUT2D eigenvalue weighted by Crippen LogP contribution is 2.42. The minimum Gasteiger partial charge on any atom is -0.244 e. The van der Waals surface area contributed by atoms with Crippen LogP contribution >= 0.6 is 0 Å². The van der Waals surface area contributed by atoms with Gasteiger partial charge in [-0.1, -0.05) is 0 Å². The first-order chi connectivity index (χ1) is 2.63. The van der Waals surface area contributed by atoms with Crippen LogP contribution in [0.1, 0.15) is 13.3 Å². The molecule has 0 aromatic carbocycles. The zero-order chi connectivity index (χ0) is 4.78. The first-order valence-electron chi connectivity index (χ1n) is 1.96. The van der Waals surface area contributed by atoms with Gasteiger partial charge in [0, 0.05) is 6.42 Å². The number of halogens is 2. The normalized spacial score (nSPS) is 55.5. The van der Waals surface area contributed by atoms with Gasteiger partial charge in [-0.05, 0) is 6.92 Å². The fourth-order valence-corrected chi connectivity index (χ4v) is 0.291. The Morgan fingerprint density at radius 1 is 1.83 bits per heavy atom. The van der Waals surface area contributed by atoms with Crippen molar-refractivity contribution in [2.45, 2.75) is 25.2 Å². The molecular formula is C4H6F2. The van der Waals surface area contributed by atoms with Crippen molar-refractivity contribution in [2.24, 2.45) is 0 Å². The fraction of sp³-hybridized carbons (Fsp3) is 1.00. The van der Waals surface area contributed by atoms with Crippen LogP contribution in [0.4, 0.5) is 8.78 Å². The monoisotopic (exact) mass is 92.0 g/mol. The molecule has 0 aromatic rings. The molecule has 2 heteroatoms. The highest BCUT2D eigenvalue weighted by Gasteiger charge is 2.52. The third kappa shape index (κ3) is 0.402. The molecule has 36 valence electrons. The molecular weight excluding hydrogens is 86.0 g/mol. The maximum Gasteiger partial charge on any atom is 0.142 e. The van der Waals surface area contributed by atoms with E-state index in [9.17, 15) is 8.78 Å². The van der Waals surface area contributed by atoms with E-state index in [-0.39, 0.29) is 6.42 Å².